The molecule has 1 fully saturated rings. The standard InChI is InChI=1S/C12H22N4O/c1-10(2)16(8-12-14-9-15-17-12)7-11-5-3-4-6-13-11/h9-11,13H,3-8H2,1-2H3. The molecule has 1 aliphatic rings. The van der Waals surface area contributed by atoms with E-state index in [-0.39, 0.29) is 0 Å². The van der Waals surface area contributed by atoms with Gasteiger partial charge in [0.15, 0.2) is 6.33 Å². The molecule has 1 N–H and O–H groups in total. The van der Waals surface area contributed by atoms with Gasteiger partial charge in [0.1, 0.15) is 0 Å². The predicted molar refractivity (Wildman–Crippen MR) is 65.5 cm³/mol. The summed E-state index contributed by atoms with van der Waals surface area (Å²) in [6, 6.07) is 1.10. The van der Waals surface area contributed by atoms with E-state index in [1.807, 2.05) is 0 Å². The van der Waals surface area contributed by atoms with E-state index >= 15 is 0 Å². The zero-order chi connectivity index (χ0) is 12.1. The molecule has 0 amide bonds. The van der Waals surface area contributed by atoms with Crippen LogP contribution in [-0.2, 0) is 6.54 Å². The van der Waals surface area contributed by atoms with Gasteiger partial charge in [-0.25, -0.2) is 0 Å². The lowest BCUT2D eigenvalue weighted by Crippen LogP contribution is -2.45. The number of nitrogens with zero attached hydrogens (tertiary/aromatic N) is 3. The van der Waals surface area contributed by atoms with Crippen LogP contribution < -0.4 is 5.32 Å². The van der Waals surface area contributed by atoms with Crippen molar-refractivity contribution in [3.8, 4) is 0 Å². The summed E-state index contributed by atoms with van der Waals surface area (Å²) in [5.41, 5.74) is 0. The third-order valence-corrected chi connectivity index (χ3v) is 3.34. The van der Waals surface area contributed by atoms with E-state index in [0.29, 0.717) is 18.0 Å². The molecule has 1 aromatic heterocycles. The highest BCUT2D eigenvalue weighted by Gasteiger charge is 2.20. The van der Waals surface area contributed by atoms with Crippen molar-refractivity contribution >= 4 is 0 Å². The van der Waals surface area contributed by atoms with Gasteiger partial charge in [0, 0.05) is 18.6 Å². The smallest absolute Gasteiger partial charge is 0.240 e. The topological polar surface area (TPSA) is 54.2 Å². The number of nitrogens with one attached hydrogen (secondary N) is 1. The van der Waals surface area contributed by atoms with Crippen LogP contribution in [0.5, 0.6) is 0 Å². The first-order valence-electron chi connectivity index (χ1n) is 6.48. The van der Waals surface area contributed by atoms with Crippen molar-refractivity contribution in [3.05, 3.63) is 12.2 Å². The summed E-state index contributed by atoms with van der Waals surface area (Å²) >= 11 is 0. The van der Waals surface area contributed by atoms with Crippen LogP contribution in [0.2, 0.25) is 0 Å². The molecule has 96 valence electrons. The summed E-state index contributed by atoms with van der Waals surface area (Å²) in [5.74, 6) is 0.703. The zero-order valence-electron chi connectivity index (χ0n) is 10.7. The van der Waals surface area contributed by atoms with Crippen LogP contribution in [0.15, 0.2) is 10.9 Å². The molecule has 5 nitrogen and oxygen atoms in total. The summed E-state index contributed by atoms with van der Waals surface area (Å²) < 4.78 is 5.08. The van der Waals surface area contributed by atoms with Gasteiger partial charge >= 0.3 is 0 Å². The Morgan fingerprint density at radius 3 is 3.00 bits per heavy atom. The molecule has 0 aliphatic carbocycles. The maximum atomic E-state index is 5.08. The molecule has 1 atom stereocenters. The van der Waals surface area contributed by atoms with Crippen molar-refractivity contribution < 1.29 is 4.52 Å². The summed E-state index contributed by atoms with van der Waals surface area (Å²) in [6.45, 7) is 7.37. The molecule has 5 heteroatoms. The molecule has 0 saturated carbocycles. The third kappa shape index (κ3) is 3.78. The monoisotopic (exact) mass is 238 g/mol. The lowest BCUT2D eigenvalue weighted by molar-refractivity contribution is 0.157. The van der Waals surface area contributed by atoms with Gasteiger partial charge in [-0.1, -0.05) is 11.6 Å². The van der Waals surface area contributed by atoms with Crippen LogP contribution in [0.4, 0.5) is 0 Å². The Kier molecular flexibility index (Phi) is 4.50. The Morgan fingerprint density at radius 2 is 2.41 bits per heavy atom. The van der Waals surface area contributed by atoms with Gasteiger partial charge in [-0.2, -0.15) is 4.98 Å². The quantitative estimate of drug-likeness (QED) is 0.841. The van der Waals surface area contributed by atoms with Crippen LogP contribution in [0.1, 0.15) is 39.0 Å². The highest BCUT2D eigenvalue weighted by Crippen LogP contribution is 2.12. The van der Waals surface area contributed by atoms with Crippen molar-refractivity contribution in [1.29, 1.82) is 0 Å². The lowest BCUT2D eigenvalue weighted by Gasteiger charge is -2.32. The van der Waals surface area contributed by atoms with Gasteiger partial charge in [-0.05, 0) is 33.2 Å². The van der Waals surface area contributed by atoms with E-state index in [9.17, 15) is 0 Å². The largest absolute Gasteiger partial charge is 0.338 e. The SMILES string of the molecule is CC(C)N(Cc1ncno1)CC1CCCCN1. The van der Waals surface area contributed by atoms with Gasteiger partial charge in [0.25, 0.3) is 0 Å². The Bertz CT molecular complexity index is 306. The zero-order valence-corrected chi connectivity index (χ0v) is 10.7. The van der Waals surface area contributed by atoms with Crippen molar-refractivity contribution in [2.45, 2.75) is 51.7 Å². The number of rotatable bonds is 5. The van der Waals surface area contributed by atoms with Crippen LogP contribution in [0, 0.1) is 0 Å². The van der Waals surface area contributed by atoms with Crippen LogP contribution >= 0.6 is 0 Å². The molecular weight excluding hydrogens is 216 g/mol. The highest BCUT2D eigenvalue weighted by atomic mass is 16.5. The normalized spacial score (nSPS) is 21.3. The molecule has 0 radical (unpaired) electrons. The van der Waals surface area contributed by atoms with Crippen molar-refractivity contribution in [3.63, 3.8) is 0 Å². The Labute approximate surface area is 103 Å². The van der Waals surface area contributed by atoms with Crippen molar-refractivity contribution in [2.24, 2.45) is 0 Å². The third-order valence-electron chi connectivity index (χ3n) is 3.34. The first-order chi connectivity index (χ1) is 8.25. The number of hydrogen-bond acceptors (Lipinski definition) is 5. The fourth-order valence-electron chi connectivity index (χ4n) is 2.26. The summed E-state index contributed by atoms with van der Waals surface area (Å²) in [4.78, 5) is 6.48. The summed E-state index contributed by atoms with van der Waals surface area (Å²) in [7, 11) is 0. The molecule has 0 bridgehead atoms. The maximum Gasteiger partial charge on any atom is 0.240 e. The van der Waals surface area contributed by atoms with E-state index in [1.165, 1.54) is 25.6 Å². The first kappa shape index (κ1) is 12.5. The second kappa shape index (κ2) is 6.12. The minimum Gasteiger partial charge on any atom is -0.338 e. The second-order valence-electron chi connectivity index (χ2n) is 5.01. The van der Waals surface area contributed by atoms with Crippen LogP contribution in [0.25, 0.3) is 0 Å². The van der Waals surface area contributed by atoms with Gasteiger partial charge in [0.2, 0.25) is 5.89 Å². The Morgan fingerprint density at radius 1 is 1.53 bits per heavy atom. The van der Waals surface area contributed by atoms with Crippen molar-refractivity contribution in [1.82, 2.24) is 20.4 Å². The summed E-state index contributed by atoms with van der Waals surface area (Å²) in [6.07, 6.45) is 5.38. The van der Waals surface area contributed by atoms with Crippen LogP contribution in [0.3, 0.4) is 0 Å². The number of aromatic nitrogens is 2. The van der Waals surface area contributed by atoms with E-state index in [2.05, 4.69) is 34.2 Å². The van der Waals surface area contributed by atoms with Gasteiger partial charge in [-0.15, -0.1) is 0 Å². The van der Waals surface area contributed by atoms with E-state index in [1.54, 1.807) is 0 Å². The number of hydrogen-bond donors (Lipinski definition) is 1. The van der Waals surface area contributed by atoms with E-state index < -0.39 is 0 Å². The molecular formula is C12H22N4O. The summed E-state index contributed by atoms with van der Waals surface area (Å²) in [5, 5.41) is 7.23. The fourth-order valence-corrected chi connectivity index (χ4v) is 2.26. The van der Waals surface area contributed by atoms with Crippen molar-refractivity contribution in [2.75, 3.05) is 13.1 Å². The lowest BCUT2D eigenvalue weighted by atomic mass is 10.0. The molecule has 1 unspecified atom stereocenters. The fraction of sp³-hybridized carbons (Fsp3) is 0.833. The van der Waals surface area contributed by atoms with E-state index in [4.69, 9.17) is 4.52 Å². The average Bonchev–Trinajstić information content (AvgIpc) is 2.82. The maximum absolute atomic E-state index is 5.08. The predicted octanol–water partition coefficient (Wildman–Crippen LogP) is 1.42. The molecule has 2 rings (SSSR count). The first-order valence-corrected chi connectivity index (χ1v) is 6.48. The Hall–Kier alpha value is -0.940. The minimum absolute atomic E-state index is 0.491. The molecule has 1 saturated heterocycles. The van der Waals surface area contributed by atoms with Gasteiger partial charge in [-0.3, -0.25) is 4.90 Å². The van der Waals surface area contributed by atoms with E-state index in [0.717, 1.165) is 19.6 Å². The molecule has 1 aromatic rings. The van der Waals surface area contributed by atoms with Gasteiger partial charge in [0.05, 0.1) is 6.54 Å². The molecule has 2 heterocycles. The van der Waals surface area contributed by atoms with Crippen LogP contribution in [-0.4, -0.2) is 40.2 Å². The highest BCUT2D eigenvalue weighted by molar-refractivity contribution is 4.81. The number of piperidine rings is 1. The Balaban J connectivity index is 1.87. The molecule has 17 heavy (non-hydrogen) atoms. The van der Waals surface area contributed by atoms with Gasteiger partial charge < -0.3 is 9.84 Å². The molecule has 0 spiro atoms. The minimum atomic E-state index is 0.491. The molecule has 1 aliphatic heterocycles. The average molecular weight is 238 g/mol. The molecule has 0 aromatic carbocycles. The second-order valence-corrected chi connectivity index (χ2v) is 5.01.